The molecule has 0 aliphatic carbocycles. The first kappa shape index (κ1) is 31.2. The van der Waals surface area contributed by atoms with Gasteiger partial charge in [0.1, 0.15) is 24.1 Å². The fraction of sp³-hybridized carbons (Fsp3) is 0.394. The monoisotopic (exact) mass is 634 g/mol. The van der Waals surface area contributed by atoms with E-state index in [1.807, 2.05) is 19.9 Å². The Balaban J connectivity index is 1.12. The van der Waals surface area contributed by atoms with Gasteiger partial charge in [0.05, 0.1) is 17.3 Å². The number of nitrogens with zero attached hydrogens (tertiary/aromatic N) is 6. The molecule has 2 aromatic carbocycles. The lowest BCUT2D eigenvalue weighted by Gasteiger charge is -2.36. The summed E-state index contributed by atoms with van der Waals surface area (Å²) in [5.41, 5.74) is 0.241. The molecule has 2 aliphatic heterocycles. The summed E-state index contributed by atoms with van der Waals surface area (Å²) in [6, 6.07) is 10.9. The van der Waals surface area contributed by atoms with Crippen molar-refractivity contribution in [3.05, 3.63) is 89.2 Å². The maximum atomic E-state index is 14.2. The van der Waals surface area contributed by atoms with Crippen molar-refractivity contribution in [3.8, 4) is 11.3 Å². The molecule has 3 amide bonds. The van der Waals surface area contributed by atoms with E-state index in [1.165, 1.54) is 15.8 Å². The van der Waals surface area contributed by atoms with Crippen molar-refractivity contribution in [1.82, 2.24) is 30.0 Å². The Kier molecular flexibility index (Phi) is 8.26. The molecule has 0 radical (unpaired) electrons. The Morgan fingerprint density at radius 3 is 2.39 bits per heavy atom. The Morgan fingerprint density at radius 2 is 1.72 bits per heavy atom. The highest BCUT2D eigenvalue weighted by atomic mass is 19.2. The molecule has 240 valence electrons. The summed E-state index contributed by atoms with van der Waals surface area (Å²) in [6.45, 7) is 6.53. The van der Waals surface area contributed by atoms with Crippen molar-refractivity contribution in [2.24, 2.45) is 11.3 Å². The molecule has 10 nitrogen and oxygen atoms in total. The zero-order valence-corrected chi connectivity index (χ0v) is 25.6. The van der Waals surface area contributed by atoms with Crippen LogP contribution in [0.25, 0.3) is 11.3 Å². The summed E-state index contributed by atoms with van der Waals surface area (Å²) in [5, 5.41) is 12.0. The summed E-state index contributed by atoms with van der Waals surface area (Å²) >= 11 is 0. The number of benzene rings is 2. The van der Waals surface area contributed by atoms with Crippen molar-refractivity contribution < 1.29 is 32.1 Å². The number of carbonyl (C=O) groups is 3. The summed E-state index contributed by atoms with van der Waals surface area (Å²) in [7, 11) is 0. The molecule has 4 heterocycles. The third-order valence-electron chi connectivity index (χ3n) is 9.32. The molecule has 2 fully saturated rings. The van der Waals surface area contributed by atoms with Crippen LogP contribution in [-0.4, -0.2) is 60.8 Å². The second-order valence-corrected chi connectivity index (χ2v) is 12.5. The normalized spacial score (nSPS) is 19.8. The molecule has 46 heavy (non-hydrogen) atoms. The van der Waals surface area contributed by atoms with Gasteiger partial charge >= 0.3 is 0 Å². The maximum Gasteiger partial charge on any atom is 0.250 e. The zero-order valence-electron chi connectivity index (χ0n) is 25.6. The molecule has 2 unspecified atom stereocenters. The van der Waals surface area contributed by atoms with Crippen LogP contribution in [0.2, 0.25) is 0 Å². The lowest BCUT2D eigenvalue weighted by molar-refractivity contribution is -0.153. The largest absolute Gasteiger partial charge is 0.359 e. The highest BCUT2D eigenvalue weighted by Crippen LogP contribution is 2.43. The van der Waals surface area contributed by atoms with Gasteiger partial charge in [-0.1, -0.05) is 54.5 Å². The van der Waals surface area contributed by atoms with E-state index in [2.05, 4.69) is 15.5 Å². The third kappa shape index (κ3) is 5.69. The van der Waals surface area contributed by atoms with Crippen molar-refractivity contribution in [1.29, 1.82) is 0 Å². The van der Waals surface area contributed by atoms with Crippen LogP contribution in [0.4, 0.5) is 13.2 Å². The molecule has 0 bridgehead atoms. The molecule has 2 atom stereocenters. The Bertz CT molecular complexity index is 1780. The first-order chi connectivity index (χ1) is 22.0. The second-order valence-electron chi connectivity index (χ2n) is 12.5. The number of hydrogen-bond donors (Lipinski definition) is 0. The quantitative estimate of drug-likeness (QED) is 0.192. The predicted octanol–water partition coefficient (Wildman–Crippen LogP) is 5.27. The maximum absolute atomic E-state index is 14.2. The number of hydrogen-bond acceptors (Lipinski definition) is 7. The van der Waals surface area contributed by atoms with Crippen molar-refractivity contribution in [2.75, 3.05) is 13.1 Å². The molecule has 0 N–H and O–H groups in total. The number of imide groups is 1. The molecule has 2 saturated heterocycles. The number of carbonyl (C=O) groups excluding carboxylic acids is 3. The van der Waals surface area contributed by atoms with Crippen LogP contribution in [-0.2, 0) is 20.9 Å². The van der Waals surface area contributed by atoms with Crippen LogP contribution in [0.15, 0.2) is 59.3 Å². The van der Waals surface area contributed by atoms with Crippen LogP contribution in [0.3, 0.4) is 0 Å². The van der Waals surface area contributed by atoms with Crippen molar-refractivity contribution in [2.45, 2.75) is 58.5 Å². The molecular weight excluding hydrogens is 601 g/mol. The van der Waals surface area contributed by atoms with Crippen LogP contribution >= 0.6 is 0 Å². The van der Waals surface area contributed by atoms with Gasteiger partial charge in [-0.2, -0.15) is 0 Å². The van der Waals surface area contributed by atoms with E-state index < -0.39 is 28.9 Å². The van der Waals surface area contributed by atoms with Crippen molar-refractivity contribution in [3.63, 3.8) is 0 Å². The van der Waals surface area contributed by atoms with Gasteiger partial charge in [0.2, 0.25) is 11.8 Å². The number of likely N-dealkylation sites (tertiary alicyclic amines) is 2. The fourth-order valence-corrected chi connectivity index (χ4v) is 6.16. The Hall–Kier alpha value is -4.81. The summed E-state index contributed by atoms with van der Waals surface area (Å²) < 4.78 is 48.0. The van der Waals surface area contributed by atoms with Crippen molar-refractivity contribution >= 4 is 17.7 Å². The molecule has 6 rings (SSSR count). The summed E-state index contributed by atoms with van der Waals surface area (Å²) in [5.74, 6) is -4.02. The lowest BCUT2D eigenvalue weighted by atomic mass is 9.77. The minimum absolute atomic E-state index is 0.00129. The molecule has 0 saturated carbocycles. The minimum Gasteiger partial charge on any atom is -0.359 e. The number of aromatic nitrogens is 4. The van der Waals surface area contributed by atoms with E-state index in [0.717, 1.165) is 6.07 Å². The smallest absolute Gasteiger partial charge is 0.250 e. The zero-order chi connectivity index (χ0) is 32.7. The van der Waals surface area contributed by atoms with Gasteiger partial charge in [0, 0.05) is 43.1 Å². The van der Waals surface area contributed by atoms with Gasteiger partial charge in [-0.05, 0) is 37.3 Å². The topological polar surface area (TPSA) is 114 Å². The van der Waals surface area contributed by atoms with Gasteiger partial charge in [-0.25, -0.2) is 17.9 Å². The summed E-state index contributed by atoms with van der Waals surface area (Å²) in [6.07, 6.45) is 2.64. The number of amides is 3. The van der Waals surface area contributed by atoms with E-state index in [0.29, 0.717) is 49.0 Å². The minimum atomic E-state index is -1.29. The highest BCUT2D eigenvalue weighted by molar-refractivity contribution is 6.09. The van der Waals surface area contributed by atoms with E-state index >= 15 is 0 Å². The predicted molar refractivity (Wildman–Crippen MR) is 158 cm³/mol. The lowest BCUT2D eigenvalue weighted by Crippen LogP contribution is -2.48. The van der Waals surface area contributed by atoms with Gasteiger partial charge < -0.3 is 9.42 Å². The molecule has 2 aromatic heterocycles. The van der Waals surface area contributed by atoms with E-state index in [-0.39, 0.29) is 53.8 Å². The van der Waals surface area contributed by atoms with E-state index in [4.69, 9.17) is 4.52 Å². The molecule has 4 aromatic rings. The molecule has 13 heteroatoms. The fourth-order valence-electron chi connectivity index (χ4n) is 6.16. The Labute approximate surface area is 263 Å². The van der Waals surface area contributed by atoms with Gasteiger partial charge in [0.25, 0.3) is 5.91 Å². The first-order valence-corrected chi connectivity index (χ1v) is 15.2. The summed E-state index contributed by atoms with van der Waals surface area (Å²) in [4.78, 5) is 43.8. The average molecular weight is 635 g/mol. The molecule has 2 aliphatic rings. The van der Waals surface area contributed by atoms with E-state index in [1.54, 1.807) is 42.2 Å². The standard InChI is InChI=1S/C33H33F3N6O4/c1-19(2)33(3)16-29(43)42(32(33)45)30(21-7-5-4-6-8-21)31(44)40-11-9-20(10-12-40)27-13-22(46-38-27)17-41-18-28(37-39-41)23-14-25(35)26(36)15-24(23)34/h4-8,13-15,18-20,30H,9-12,16-17H2,1-3H3. The number of piperidine rings is 1. The van der Waals surface area contributed by atoms with E-state index in [9.17, 15) is 27.6 Å². The average Bonchev–Trinajstić information content (AvgIpc) is 3.76. The molecule has 0 spiro atoms. The highest BCUT2D eigenvalue weighted by Gasteiger charge is 2.54. The van der Waals surface area contributed by atoms with Crippen LogP contribution < -0.4 is 0 Å². The van der Waals surface area contributed by atoms with Gasteiger partial charge in [-0.15, -0.1) is 5.10 Å². The van der Waals surface area contributed by atoms with Crippen LogP contribution in [0.1, 0.15) is 69.0 Å². The number of rotatable bonds is 8. The first-order valence-electron chi connectivity index (χ1n) is 15.2. The Morgan fingerprint density at radius 1 is 1.02 bits per heavy atom. The second kappa shape index (κ2) is 12.2. The molecular formula is C33H33F3N6O4. The van der Waals surface area contributed by atoms with Gasteiger partial charge in [0.15, 0.2) is 17.4 Å². The SMILES string of the molecule is CC(C)C1(C)CC(=O)N(C(C(=O)N2CCC(c3cc(Cn4cc(-c5cc(F)c(F)cc5F)nn4)on3)CC2)c2ccccc2)C1=O. The number of halogens is 3. The van der Waals surface area contributed by atoms with Gasteiger partial charge in [-0.3, -0.25) is 19.3 Å². The van der Waals surface area contributed by atoms with Crippen LogP contribution in [0.5, 0.6) is 0 Å². The third-order valence-corrected chi connectivity index (χ3v) is 9.32. The van der Waals surface area contributed by atoms with Crippen LogP contribution in [0, 0.1) is 28.8 Å².